The Labute approximate surface area is 125 Å². The van der Waals surface area contributed by atoms with Crippen LogP contribution in [0, 0.1) is 5.92 Å². The number of rotatable bonds is 1. The molecule has 0 saturated carbocycles. The van der Waals surface area contributed by atoms with Crippen molar-refractivity contribution in [3.05, 3.63) is 23.8 Å². The second kappa shape index (κ2) is 8.61. The van der Waals surface area contributed by atoms with Gasteiger partial charge in [-0.3, -0.25) is 0 Å². The average Bonchev–Trinajstić information content (AvgIpc) is 2.40. The summed E-state index contributed by atoms with van der Waals surface area (Å²) in [6.07, 6.45) is 4.99. The Balaban J connectivity index is 2.82. The van der Waals surface area contributed by atoms with Gasteiger partial charge in [0.2, 0.25) is 0 Å². The number of methoxy groups -OCH3 is 1. The van der Waals surface area contributed by atoms with Crippen molar-refractivity contribution in [2.45, 2.75) is 51.2 Å². The van der Waals surface area contributed by atoms with Gasteiger partial charge >= 0.3 is 0 Å². The van der Waals surface area contributed by atoms with Crippen LogP contribution in [-0.2, 0) is 9.47 Å². The molecule has 0 fully saturated rings. The molecule has 0 aliphatic carbocycles. The van der Waals surface area contributed by atoms with Crippen LogP contribution in [0.15, 0.2) is 23.8 Å². The molecule has 0 aromatic rings. The molecule has 3 atom stereocenters. The minimum atomic E-state index is -2.79. The molecule has 0 aromatic heterocycles. The molecule has 5 heteroatoms. The van der Waals surface area contributed by atoms with Gasteiger partial charge in [-0.15, -0.1) is 0 Å². The Morgan fingerprint density at radius 1 is 1.43 bits per heavy atom. The first-order valence-corrected chi connectivity index (χ1v) is 7.36. The van der Waals surface area contributed by atoms with Crippen molar-refractivity contribution in [2.24, 2.45) is 5.92 Å². The van der Waals surface area contributed by atoms with E-state index in [0.29, 0.717) is 12.8 Å². The molecular weight excluding hydrogens is 278 g/mol. The fraction of sp³-hybridized carbons (Fsp3) is 0.750. The smallest absolute Gasteiger partial charge is 0.271 e. The van der Waals surface area contributed by atoms with Gasteiger partial charge < -0.3 is 14.6 Å². The number of aliphatic hydroxyl groups excluding tert-OH is 1. The minimum absolute atomic E-state index is 0.147. The van der Waals surface area contributed by atoms with E-state index < -0.39 is 24.7 Å². The summed E-state index contributed by atoms with van der Waals surface area (Å²) >= 11 is 0. The zero-order valence-electron chi connectivity index (χ0n) is 13.0. The van der Waals surface area contributed by atoms with Gasteiger partial charge in [0.25, 0.3) is 5.92 Å². The van der Waals surface area contributed by atoms with E-state index in [0.717, 1.165) is 5.57 Å². The summed E-state index contributed by atoms with van der Waals surface area (Å²) in [6, 6.07) is 0. The highest BCUT2D eigenvalue weighted by molar-refractivity contribution is 5.05. The van der Waals surface area contributed by atoms with Crippen molar-refractivity contribution in [1.29, 1.82) is 0 Å². The predicted molar refractivity (Wildman–Crippen MR) is 78.5 cm³/mol. The highest BCUT2D eigenvalue weighted by Crippen LogP contribution is 2.23. The summed E-state index contributed by atoms with van der Waals surface area (Å²) in [5, 5.41) is 10.3. The lowest BCUT2D eigenvalue weighted by molar-refractivity contribution is -0.0789. The molecule has 0 aromatic carbocycles. The molecule has 1 aliphatic rings. The second-order valence-electron chi connectivity index (χ2n) is 5.73. The molecule has 1 N–H and O–H groups in total. The van der Waals surface area contributed by atoms with Gasteiger partial charge in [0, 0.05) is 19.4 Å². The summed E-state index contributed by atoms with van der Waals surface area (Å²) in [5.74, 6) is -2.93. The van der Waals surface area contributed by atoms with Crippen LogP contribution in [0.25, 0.3) is 0 Å². The molecule has 21 heavy (non-hydrogen) atoms. The van der Waals surface area contributed by atoms with Crippen molar-refractivity contribution in [3.8, 4) is 0 Å². The third kappa shape index (κ3) is 6.68. The van der Waals surface area contributed by atoms with E-state index in [-0.39, 0.29) is 18.9 Å². The maximum atomic E-state index is 13.5. The van der Waals surface area contributed by atoms with Crippen molar-refractivity contribution < 1.29 is 23.4 Å². The maximum Gasteiger partial charge on any atom is 0.271 e. The Kier molecular flexibility index (Phi) is 7.49. The third-order valence-corrected chi connectivity index (χ3v) is 3.58. The topological polar surface area (TPSA) is 38.7 Å². The number of alkyl halides is 2. The van der Waals surface area contributed by atoms with E-state index in [4.69, 9.17) is 9.47 Å². The lowest BCUT2D eigenvalue weighted by Gasteiger charge is -2.23. The van der Waals surface area contributed by atoms with E-state index in [1.54, 1.807) is 12.2 Å². The molecule has 1 heterocycles. The molecule has 1 aliphatic heterocycles. The van der Waals surface area contributed by atoms with Crippen LogP contribution in [0.4, 0.5) is 8.78 Å². The molecule has 0 saturated heterocycles. The lowest BCUT2D eigenvalue weighted by atomic mass is 9.96. The van der Waals surface area contributed by atoms with E-state index in [2.05, 4.69) is 0 Å². The number of ether oxygens (including phenoxy) is 2. The van der Waals surface area contributed by atoms with E-state index in [9.17, 15) is 13.9 Å². The number of halogens is 2. The number of hydrogen-bond acceptors (Lipinski definition) is 3. The molecule has 3 nitrogen and oxygen atoms in total. The molecule has 0 spiro atoms. The quantitative estimate of drug-likeness (QED) is 0.755. The summed E-state index contributed by atoms with van der Waals surface area (Å²) in [7, 11) is 1.53. The summed E-state index contributed by atoms with van der Waals surface area (Å²) in [6.45, 7) is 3.28. The van der Waals surface area contributed by atoms with E-state index >= 15 is 0 Å². The third-order valence-electron chi connectivity index (χ3n) is 3.58. The van der Waals surface area contributed by atoms with E-state index in [1.165, 1.54) is 7.11 Å². The molecule has 1 rings (SSSR count). The van der Waals surface area contributed by atoms with Crippen LogP contribution in [0.2, 0.25) is 0 Å². The van der Waals surface area contributed by atoms with Crippen molar-refractivity contribution in [1.82, 2.24) is 0 Å². The Morgan fingerprint density at radius 3 is 2.81 bits per heavy atom. The largest absolute Gasteiger partial charge is 0.389 e. The van der Waals surface area contributed by atoms with Crippen LogP contribution >= 0.6 is 0 Å². The van der Waals surface area contributed by atoms with Crippen LogP contribution in [0.3, 0.4) is 0 Å². The predicted octanol–water partition coefficient (Wildman–Crippen LogP) is 3.34. The first kappa shape index (κ1) is 18.3. The minimum Gasteiger partial charge on any atom is -0.389 e. The zero-order valence-corrected chi connectivity index (χ0v) is 13.0. The number of allylic oxidation sites excluding steroid dienone is 1. The van der Waals surface area contributed by atoms with Gasteiger partial charge in [0.15, 0.2) is 0 Å². The number of hydrogen-bond donors (Lipinski definition) is 1. The van der Waals surface area contributed by atoms with Crippen molar-refractivity contribution in [2.75, 3.05) is 20.3 Å². The normalized spacial score (nSPS) is 32.3. The maximum absolute atomic E-state index is 13.5. The Bertz CT molecular complexity index is 367. The van der Waals surface area contributed by atoms with Gasteiger partial charge in [0.1, 0.15) is 12.7 Å². The lowest BCUT2D eigenvalue weighted by Crippen LogP contribution is -2.31. The van der Waals surface area contributed by atoms with Gasteiger partial charge in [-0.1, -0.05) is 30.7 Å². The van der Waals surface area contributed by atoms with Crippen LogP contribution in [-0.4, -0.2) is 43.6 Å². The molecule has 0 bridgehead atoms. The van der Waals surface area contributed by atoms with Gasteiger partial charge in [-0.05, 0) is 19.8 Å². The highest BCUT2D eigenvalue weighted by Gasteiger charge is 2.28. The zero-order chi connectivity index (χ0) is 15.9. The van der Waals surface area contributed by atoms with Crippen molar-refractivity contribution in [3.63, 3.8) is 0 Å². The van der Waals surface area contributed by atoms with Crippen LogP contribution in [0.1, 0.15) is 33.1 Å². The van der Waals surface area contributed by atoms with Crippen molar-refractivity contribution >= 4 is 0 Å². The van der Waals surface area contributed by atoms with Gasteiger partial charge in [0.05, 0.1) is 12.7 Å². The second-order valence-corrected chi connectivity index (χ2v) is 5.73. The fourth-order valence-corrected chi connectivity index (χ4v) is 2.37. The molecule has 0 amide bonds. The first-order chi connectivity index (χ1) is 9.85. The number of aliphatic hydroxyl groups is 1. The highest BCUT2D eigenvalue weighted by atomic mass is 19.3. The van der Waals surface area contributed by atoms with Crippen LogP contribution < -0.4 is 0 Å². The molecule has 122 valence electrons. The Morgan fingerprint density at radius 2 is 2.14 bits per heavy atom. The molecular formula is C16H26F2O3. The average molecular weight is 304 g/mol. The Hall–Kier alpha value is -0.780. The monoisotopic (exact) mass is 304 g/mol. The molecule has 0 radical (unpaired) electrons. The fourth-order valence-electron chi connectivity index (χ4n) is 2.37. The summed E-state index contributed by atoms with van der Waals surface area (Å²) in [4.78, 5) is 0. The summed E-state index contributed by atoms with van der Waals surface area (Å²) < 4.78 is 37.5. The molecule has 3 unspecified atom stereocenters. The first-order valence-electron chi connectivity index (χ1n) is 7.36. The van der Waals surface area contributed by atoms with E-state index in [1.807, 2.05) is 19.9 Å². The SMILES string of the molecule is COC1C=CCCCC(F)(F)COCC(C)=CC(C)C1O. The van der Waals surface area contributed by atoms with Gasteiger partial charge in [-0.25, -0.2) is 8.78 Å². The van der Waals surface area contributed by atoms with Crippen LogP contribution in [0.5, 0.6) is 0 Å². The van der Waals surface area contributed by atoms with Gasteiger partial charge in [-0.2, -0.15) is 0 Å². The standard InChI is InChI=1S/C16H26F2O3/c1-12-9-13(2)15(19)14(20-3)7-5-4-6-8-16(17,18)11-21-10-12/h5,7,9,13-15,19H,4,6,8,10-11H2,1-3H3. The summed E-state index contributed by atoms with van der Waals surface area (Å²) in [5.41, 5.74) is 0.827.